The highest BCUT2D eigenvalue weighted by molar-refractivity contribution is 6.24. The molecule has 0 aromatic heterocycles. The smallest absolute Gasteiger partial charge is 0.251 e. The molecule has 2 aliphatic heterocycles. The van der Waals surface area contributed by atoms with Gasteiger partial charge in [-0.3, -0.25) is 19.2 Å². The molecule has 1 aromatic rings. The summed E-state index contributed by atoms with van der Waals surface area (Å²) in [6.45, 7) is 0. The summed E-state index contributed by atoms with van der Waals surface area (Å²) in [5.41, 5.74) is 0.927. The van der Waals surface area contributed by atoms with E-state index in [0.29, 0.717) is 23.5 Å². The van der Waals surface area contributed by atoms with Crippen molar-refractivity contribution in [2.45, 2.75) is 62.7 Å². The number of anilines is 2. The van der Waals surface area contributed by atoms with Crippen LogP contribution in [0, 0.1) is 0 Å². The number of amides is 4. The van der Waals surface area contributed by atoms with Crippen molar-refractivity contribution in [3.8, 4) is 0 Å². The molecule has 0 spiro atoms. The molecule has 0 bridgehead atoms. The number of nitrogens with zero attached hydrogens (tertiary/aromatic N) is 2. The molecule has 8 heteroatoms. The van der Waals surface area contributed by atoms with Gasteiger partial charge in [-0.25, -0.2) is 9.80 Å². The molecule has 2 N–H and O–H groups in total. The predicted octanol–water partition coefficient (Wildman–Crippen LogP) is 0.454. The topological polar surface area (TPSA) is 98.8 Å². The molecule has 4 amide bonds. The third-order valence-corrected chi connectivity index (χ3v) is 5.69. The standard InChI is InChI=1S/C20H22N4O4/c25-17-9-15(21-11-1-2-11)19(27)23(17)13-5-7-14(8-6-13)24-18(26)10-16(20(24)28)22-12-3-4-12/h5-8,11-12,15-16,21-22H,1-4,9-10H2/t15-,16-/m1/s1. The first-order chi connectivity index (χ1) is 13.5. The second kappa shape index (κ2) is 6.49. The fourth-order valence-corrected chi connectivity index (χ4v) is 3.89. The first-order valence-electron chi connectivity index (χ1n) is 9.87. The Hall–Kier alpha value is -2.58. The molecule has 0 unspecified atom stereocenters. The molecule has 28 heavy (non-hydrogen) atoms. The molecule has 4 aliphatic rings. The van der Waals surface area contributed by atoms with Crippen molar-refractivity contribution in [1.29, 1.82) is 0 Å². The van der Waals surface area contributed by atoms with E-state index in [-0.39, 0.29) is 36.5 Å². The molecule has 2 heterocycles. The van der Waals surface area contributed by atoms with Gasteiger partial charge in [-0.2, -0.15) is 0 Å². The van der Waals surface area contributed by atoms with Gasteiger partial charge in [-0.15, -0.1) is 0 Å². The third kappa shape index (κ3) is 3.12. The van der Waals surface area contributed by atoms with Gasteiger partial charge < -0.3 is 10.6 Å². The van der Waals surface area contributed by atoms with Gasteiger partial charge in [0.15, 0.2) is 0 Å². The minimum absolute atomic E-state index is 0.161. The summed E-state index contributed by atoms with van der Waals surface area (Å²) < 4.78 is 0. The van der Waals surface area contributed by atoms with Crippen molar-refractivity contribution in [2.24, 2.45) is 0 Å². The van der Waals surface area contributed by atoms with Gasteiger partial charge in [0.1, 0.15) is 0 Å². The maximum Gasteiger partial charge on any atom is 0.251 e. The van der Waals surface area contributed by atoms with Crippen LogP contribution in [-0.2, 0) is 19.2 Å². The van der Waals surface area contributed by atoms with Crippen LogP contribution in [0.4, 0.5) is 11.4 Å². The Labute approximate surface area is 162 Å². The Balaban J connectivity index is 1.31. The van der Waals surface area contributed by atoms with E-state index in [9.17, 15) is 19.2 Å². The van der Waals surface area contributed by atoms with E-state index in [0.717, 1.165) is 25.7 Å². The summed E-state index contributed by atoms with van der Waals surface area (Å²) in [6, 6.07) is 6.23. The lowest BCUT2D eigenvalue weighted by Gasteiger charge is -2.19. The lowest BCUT2D eigenvalue weighted by Crippen LogP contribution is -2.40. The van der Waals surface area contributed by atoms with Crippen molar-refractivity contribution in [3.63, 3.8) is 0 Å². The molecule has 0 radical (unpaired) electrons. The maximum atomic E-state index is 12.6. The fourth-order valence-electron chi connectivity index (χ4n) is 3.89. The number of carbonyl (C=O) groups is 4. The number of benzene rings is 1. The van der Waals surface area contributed by atoms with Crippen LogP contribution in [0.5, 0.6) is 0 Å². The lowest BCUT2D eigenvalue weighted by molar-refractivity contribution is -0.123. The Bertz CT molecular complexity index is 788. The van der Waals surface area contributed by atoms with E-state index in [1.54, 1.807) is 24.3 Å². The number of carbonyl (C=O) groups excluding carboxylic acids is 4. The molecule has 2 aliphatic carbocycles. The second-order valence-corrected chi connectivity index (χ2v) is 8.05. The average Bonchev–Trinajstić information content (AvgIpc) is 3.57. The minimum Gasteiger partial charge on any atom is -0.303 e. The largest absolute Gasteiger partial charge is 0.303 e. The van der Waals surface area contributed by atoms with Crippen LogP contribution in [0.25, 0.3) is 0 Å². The molecule has 1 aromatic carbocycles. The Kier molecular flexibility index (Phi) is 4.06. The van der Waals surface area contributed by atoms with Crippen molar-refractivity contribution in [1.82, 2.24) is 10.6 Å². The van der Waals surface area contributed by atoms with Crippen LogP contribution in [0.1, 0.15) is 38.5 Å². The molecule has 2 saturated carbocycles. The Morgan fingerprint density at radius 2 is 1.00 bits per heavy atom. The zero-order valence-electron chi connectivity index (χ0n) is 15.4. The van der Waals surface area contributed by atoms with Crippen LogP contribution in [0.15, 0.2) is 24.3 Å². The quantitative estimate of drug-likeness (QED) is 0.694. The number of nitrogens with one attached hydrogen (secondary N) is 2. The van der Waals surface area contributed by atoms with Crippen LogP contribution in [-0.4, -0.2) is 47.8 Å². The zero-order valence-corrected chi connectivity index (χ0v) is 15.4. The maximum absolute atomic E-state index is 12.6. The van der Waals surface area contributed by atoms with Gasteiger partial charge in [-0.05, 0) is 49.9 Å². The van der Waals surface area contributed by atoms with Crippen molar-refractivity contribution >= 4 is 35.0 Å². The van der Waals surface area contributed by atoms with Crippen LogP contribution < -0.4 is 20.4 Å². The highest BCUT2D eigenvalue weighted by Crippen LogP contribution is 2.30. The Morgan fingerprint density at radius 3 is 1.32 bits per heavy atom. The van der Waals surface area contributed by atoms with E-state index >= 15 is 0 Å². The van der Waals surface area contributed by atoms with Crippen molar-refractivity contribution < 1.29 is 19.2 Å². The SMILES string of the molecule is O=C1C[C@@H](NC2CC2)C(=O)N1c1ccc(N2C(=O)C[C@@H](NC3CC3)C2=O)cc1. The third-order valence-electron chi connectivity index (χ3n) is 5.69. The molecule has 2 saturated heterocycles. The van der Waals surface area contributed by atoms with E-state index in [4.69, 9.17) is 0 Å². The summed E-state index contributed by atoms with van der Waals surface area (Å²) in [7, 11) is 0. The predicted molar refractivity (Wildman–Crippen MR) is 101 cm³/mol. The summed E-state index contributed by atoms with van der Waals surface area (Å²) >= 11 is 0. The molecule has 2 atom stereocenters. The normalized spacial score (nSPS) is 28.0. The molecule has 4 fully saturated rings. The van der Waals surface area contributed by atoms with E-state index < -0.39 is 12.1 Å². The summed E-state index contributed by atoms with van der Waals surface area (Å²) in [5.74, 6) is -0.964. The molecule has 8 nitrogen and oxygen atoms in total. The molecular weight excluding hydrogens is 360 g/mol. The summed E-state index contributed by atoms with van der Waals surface area (Å²) in [4.78, 5) is 52.2. The number of imide groups is 2. The fraction of sp³-hybridized carbons (Fsp3) is 0.500. The molecule has 5 rings (SSSR count). The van der Waals surface area contributed by atoms with E-state index in [1.165, 1.54) is 9.80 Å². The van der Waals surface area contributed by atoms with Crippen molar-refractivity contribution in [2.75, 3.05) is 9.80 Å². The summed E-state index contributed by atoms with van der Waals surface area (Å²) in [5, 5.41) is 6.42. The van der Waals surface area contributed by atoms with Gasteiger partial charge in [0.2, 0.25) is 11.8 Å². The van der Waals surface area contributed by atoms with Crippen LogP contribution in [0.3, 0.4) is 0 Å². The van der Waals surface area contributed by atoms with E-state index in [1.807, 2.05) is 0 Å². The first kappa shape index (κ1) is 17.5. The molecule has 146 valence electrons. The lowest BCUT2D eigenvalue weighted by atomic mass is 10.2. The van der Waals surface area contributed by atoms with Crippen LogP contribution >= 0.6 is 0 Å². The minimum atomic E-state index is -0.462. The zero-order chi connectivity index (χ0) is 19.4. The monoisotopic (exact) mass is 382 g/mol. The second-order valence-electron chi connectivity index (χ2n) is 8.05. The highest BCUT2D eigenvalue weighted by Gasteiger charge is 2.43. The van der Waals surface area contributed by atoms with Gasteiger partial charge in [0.25, 0.3) is 11.8 Å². The van der Waals surface area contributed by atoms with Crippen molar-refractivity contribution in [3.05, 3.63) is 24.3 Å². The van der Waals surface area contributed by atoms with E-state index in [2.05, 4.69) is 10.6 Å². The summed E-state index contributed by atoms with van der Waals surface area (Å²) in [6.07, 6.45) is 4.49. The number of hydrogen-bond donors (Lipinski definition) is 2. The average molecular weight is 382 g/mol. The first-order valence-corrected chi connectivity index (χ1v) is 9.87. The number of hydrogen-bond acceptors (Lipinski definition) is 6. The van der Waals surface area contributed by atoms with Gasteiger partial charge >= 0.3 is 0 Å². The van der Waals surface area contributed by atoms with Gasteiger partial charge in [0, 0.05) is 12.1 Å². The Morgan fingerprint density at radius 1 is 0.643 bits per heavy atom. The number of rotatable bonds is 6. The van der Waals surface area contributed by atoms with Gasteiger partial charge in [-0.1, -0.05) is 0 Å². The van der Waals surface area contributed by atoms with Gasteiger partial charge in [0.05, 0.1) is 36.3 Å². The van der Waals surface area contributed by atoms with Crippen LogP contribution in [0.2, 0.25) is 0 Å². The molecular formula is C20H22N4O4. The highest BCUT2D eigenvalue weighted by atomic mass is 16.2.